The lowest BCUT2D eigenvalue weighted by atomic mass is 9.45. The monoisotopic (exact) mass is 576 g/mol. The number of allylic oxidation sites excluding steroid dienone is 2. The van der Waals surface area contributed by atoms with Gasteiger partial charge in [0.25, 0.3) is 0 Å². The average Bonchev–Trinajstić information content (AvgIpc) is 3.48. The molecule has 13 atom stereocenters. The maximum atomic E-state index is 12.3. The Morgan fingerprint density at radius 2 is 1.93 bits per heavy atom. The van der Waals surface area contributed by atoms with Crippen LogP contribution >= 0.6 is 0 Å². The Bertz CT molecular complexity index is 1050. The Kier molecular flexibility index (Phi) is 8.60. The molecule has 1 saturated heterocycles. The van der Waals surface area contributed by atoms with Crippen molar-refractivity contribution in [3.63, 3.8) is 0 Å². The van der Waals surface area contributed by atoms with E-state index in [0.29, 0.717) is 18.3 Å². The molecule has 3 saturated carbocycles. The molecule has 0 aromatic rings. The summed E-state index contributed by atoms with van der Waals surface area (Å²) >= 11 is 0. The van der Waals surface area contributed by atoms with Gasteiger partial charge >= 0.3 is 5.97 Å². The number of hydrogen-bond acceptors (Lipinski definition) is 8. The van der Waals surface area contributed by atoms with Crippen molar-refractivity contribution in [2.24, 2.45) is 40.4 Å². The molecule has 5 aliphatic rings. The molecule has 0 aromatic heterocycles. The molecular weight excluding hydrogens is 524 g/mol. The lowest BCUT2D eigenvalue weighted by Crippen LogP contribution is -2.57. The lowest BCUT2D eigenvalue weighted by Gasteiger charge is -2.61. The molecule has 232 valence electrons. The van der Waals surface area contributed by atoms with Crippen molar-refractivity contribution in [1.29, 1.82) is 0 Å². The first-order valence-corrected chi connectivity index (χ1v) is 15.7. The molecule has 1 heterocycles. The SMILES string of the molecule is CO[C@@H]1OC([C@H](O)C(C)(O)CO)C[C@@H]1[C@H]1CC=C2[C@@H]3[C@H](O)C[C@H]4C[C@@H](OC(=O)C=C(C)C)CC[C@]4(C)[C@H]3CC[C@@]21C. The van der Waals surface area contributed by atoms with Gasteiger partial charge in [-0.3, -0.25) is 0 Å². The standard InChI is InChI=1S/C33H52O8/c1-18(2)13-27(36)40-20-9-11-31(3)19(14-20)15-25(35)28-23-8-7-22(32(23,4)12-10-24(28)31)21-16-26(41-30(21)39-6)29(37)33(5,38)17-34/h8,13,19-22,24-26,28-30,34-35,37-38H,7,9-12,14-17H2,1-6H3/t19-,20+,21-,22-,24+,25-,26?,28+,29+,30-,31+,32-,33?/m1/s1. The minimum atomic E-state index is -1.65. The molecule has 41 heavy (non-hydrogen) atoms. The molecule has 8 nitrogen and oxygen atoms in total. The van der Waals surface area contributed by atoms with Crippen LogP contribution in [-0.4, -0.2) is 76.4 Å². The predicted molar refractivity (Wildman–Crippen MR) is 153 cm³/mol. The molecule has 0 amide bonds. The number of hydrogen-bond donors (Lipinski definition) is 4. The van der Waals surface area contributed by atoms with Crippen LogP contribution in [-0.2, 0) is 19.0 Å². The van der Waals surface area contributed by atoms with Gasteiger partial charge < -0.3 is 34.6 Å². The van der Waals surface area contributed by atoms with Crippen LogP contribution in [0.15, 0.2) is 23.3 Å². The van der Waals surface area contributed by atoms with Gasteiger partial charge in [-0.25, -0.2) is 4.79 Å². The number of aliphatic hydroxyl groups is 4. The van der Waals surface area contributed by atoms with Crippen LogP contribution in [0.4, 0.5) is 0 Å². The molecule has 2 unspecified atom stereocenters. The molecular formula is C33H52O8. The first-order chi connectivity index (χ1) is 19.2. The summed E-state index contributed by atoms with van der Waals surface area (Å²) in [5.41, 5.74) is 0.654. The predicted octanol–water partition coefficient (Wildman–Crippen LogP) is 3.90. The van der Waals surface area contributed by atoms with E-state index in [-0.39, 0.29) is 40.7 Å². The topological polar surface area (TPSA) is 126 Å². The highest BCUT2D eigenvalue weighted by atomic mass is 16.7. The largest absolute Gasteiger partial charge is 0.459 e. The molecule has 0 radical (unpaired) electrons. The van der Waals surface area contributed by atoms with Crippen molar-refractivity contribution in [2.75, 3.05) is 13.7 Å². The zero-order valence-corrected chi connectivity index (χ0v) is 25.7. The van der Waals surface area contributed by atoms with Gasteiger partial charge in [0.05, 0.1) is 18.8 Å². The van der Waals surface area contributed by atoms with Crippen molar-refractivity contribution in [2.45, 2.75) is 122 Å². The fourth-order valence-electron chi connectivity index (χ4n) is 9.73. The van der Waals surface area contributed by atoms with Gasteiger partial charge in [-0.15, -0.1) is 0 Å². The maximum Gasteiger partial charge on any atom is 0.330 e. The molecule has 4 N–H and O–H groups in total. The Labute approximate surface area is 245 Å². The summed E-state index contributed by atoms with van der Waals surface area (Å²) in [6.07, 6.45) is 7.95. The molecule has 0 aromatic carbocycles. The van der Waals surface area contributed by atoms with Crippen LogP contribution in [0.25, 0.3) is 0 Å². The molecule has 4 aliphatic carbocycles. The first kappa shape index (κ1) is 31.1. The van der Waals surface area contributed by atoms with Gasteiger partial charge in [-0.2, -0.15) is 0 Å². The maximum absolute atomic E-state index is 12.3. The third-order valence-corrected chi connectivity index (χ3v) is 12.0. The third kappa shape index (κ3) is 5.35. The van der Waals surface area contributed by atoms with E-state index in [1.807, 2.05) is 13.8 Å². The Morgan fingerprint density at radius 1 is 1.20 bits per heavy atom. The summed E-state index contributed by atoms with van der Waals surface area (Å²) in [5, 5.41) is 42.6. The average molecular weight is 577 g/mol. The van der Waals surface area contributed by atoms with Crippen LogP contribution in [0.1, 0.15) is 86.0 Å². The number of ether oxygens (including phenoxy) is 3. The normalized spacial score (nSPS) is 45.9. The number of aliphatic hydroxyl groups excluding tert-OH is 3. The fraction of sp³-hybridized carbons (Fsp3) is 0.848. The summed E-state index contributed by atoms with van der Waals surface area (Å²) in [6, 6.07) is 0. The van der Waals surface area contributed by atoms with Crippen LogP contribution < -0.4 is 0 Å². The van der Waals surface area contributed by atoms with Gasteiger partial charge in [0.15, 0.2) is 6.29 Å². The van der Waals surface area contributed by atoms with E-state index >= 15 is 0 Å². The minimum Gasteiger partial charge on any atom is -0.459 e. The molecule has 0 spiro atoms. The zero-order chi connectivity index (χ0) is 29.9. The van der Waals surface area contributed by atoms with Crippen LogP contribution in [0.2, 0.25) is 0 Å². The highest BCUT2D eigenvalue weighted by Gasteiger charge is 2.62. The molecule has 1 aliphatic heterocycles. The van der Waals surface area contributed by atoms with Crippen LogP contribution in [0, 0.1) is 40.4 Å². The second-order valence-corrected chi connectivity index (χ2v) is 14.8. The summed E-state index contributed by atoms with van der Waals surface area (Å²) in [4.78, 5) is 12.3. The van der Waals surface area contributed by atoms with Gasteiger partial charge in [0.1, 0.15) is 17.8 Å². The van der Waals surface area contributed by atoms with Gasteiger partial charge in [0.2, 0.25) is 0 Å². The Morgan fingerprint density at radius 3 is 2.59 bits per heavy atom. The minimum absolute atomic E-state index is 0.0273. The van der Waals surface area contributed by atoms with E-state index in [0.717, 1.165) is 50.5 Å². The lowest BCUT2D eigenvalue weighted by molar-refractivity contribution is -0.192. The second kappa shape index (κ2) is 11.3. The zero-order valence-electron chi connectivity index (χ0n) is 25.7. The third-order valence-electron chi connectivity index (χ3n) is 12.0. The van der Waals surface area contributed by atoms with E-state index in [1.54, 1.807) is 13.2 Å². The van der Waals surface area contributed by atoms with Crippen molar-refractivity contribution >= 4 is 5.97 Å². The highest BCUT2D eigenvalue weighted by molar-refractivity contribution is 5.82. The fourth-order valence-corrected chi connectivity index (χ4v) is 9.73. The van der Waals surface area contributed by atoms with Gasteiger partial charge in [-0.05, 0) is 101 Å². The number of methoxy groups -OCH3 is 1. The van der Waals surface area contributed by atoms with Gasteiger partial charge in [0, 0.05) is 25.0 Å². The molecule has 4 fully saturated rings. The number of esters is 1. The van der Waals surface area contributed by atoms with E-state index in [9.17, 15) is 25.2 Å². The number of fused-ring (bicyclic) bond motifs is 5. The van der Waals surface area contributed by atoms with Crippen molar-refractivity contribution < 1.29 is 39.4 Å². The van der Waals surface area contributed by atoms with Gasteiger partial charge in [-0.1, -0.05) is 31.1 Å². The smallest absolute Gasteiger partial charge is 0.330 e. The highest BCUT2D eigenvalue weighted by Crippen LogP contribution is 2.67. The summed E-state index contributed by atoms with van der Waals surface area (Å²) in [6.45, 7) is 9.42. The van der Waals surface area contributed by atoms with Crippen molar-refractivity contribution in [3.8, 4) is 0 Å². The summed E-state index contributed by atoms with van der Waals surface area (Å²) < 4.78 is 17.7. The molecule has 8 heteroatoms. The van der Waals surface area contributed by atoms with E-state index in [4.69, 9.17) is 14.2 Å². The van der Waals surface area contributed by atoms with Crippen LogP contribution in [0.3, 0.4) is 0 Å². The van der Waals surface area contributed by atoms with E-state index in [2.05, 4.69) is 19.9 Å². The van der Waals surface area contributed by atoms with E-state index in [1.165, 1.54) is 12.5 Å². The molecule has 5 rings (SSSR count). The summed E-state index contributed by atoms with van der Waals surface area (Å²) in [5.74, 6) is 0.827. The van der Waals surface area contributed by atoms with E-state index < -0.39 is 36.8 Å². The van der Waals surface area contributed by atoms with Crippen molar-refractivity contribution in [3.05, 3.63) is 23.3 Å². The Balaban J connectivity index is 1.32. The molecule has 0 bridgehead atoms. The Hall–Kier alpha value is -1.29. The first-order valence-electron chi connectivity index (χ1n) is 15.7. The summed E-state index contributed by atoms with van der Waals surface area (Å²) in [7, 11) is 1.62. The van der Waals surface area contributed by atoms with Crippen molar-refractivity contribution in [1.82, 2.24) is 0 Å². The quantitative estimate of drug-likeness (QED) is 0.204. The number of carbonyl (C=O) groups is 1. The number of rotatable bonds is 7. The second-order valence-electron chi connectivity index (χ2n) is 14.8. The number of carbonyl (C=O) groups excluding carboxylic acids is 1. The van der Waals surface area contributed by atoms with Crippen LogP contribution in [0.5, 0.6) is 0 Å².